The van der Waals surface area contributed by atoms with E-state index in [-0.39, 0.29) is 18.6 Å². The zero-order chi connectivity index (χ0) is 19.6. The summed E-state index contributed by atoms with van der Waals surface area (Å²) in [5.74, 6) is -0.758. The average molecular weight is 373 g/mol. The molecule has 0 amide bonds. The summed E-state index contributed by atoms with van der Waals surface area (Å²) in [6.45, 7) is 3.72. The number of hydrogen-bond acceptors (Lipinski definition) is 5. The van der Waals surface area contributed by atoms with Gasteiger partial charge in [-0.05, 0) is 12.8 Å². The number of Topliss-reactive ketones (excluding diaryl/α,β-unsaturated/α-hetero) is 1. The molecule has 0 aromatic heterocycles. The fraction of sp³-hybridized carbons (Fsp3) is 0.905. The second kappa shape index (κ2) is 17.5. The van der Waals surface area contributed by atoms with Crippen LogP contribution in [0.25, 0.3) is 0 Å². The first-order chi connectivity index (χ1) is 12.6. The molecule has 5 nitrogen and oxygen atoms in total. The van der Waals surface area contributed by atoms with Crippen molar-refractivity contribution in [3.63, 3.8) is 0 Å². The summed E-state index contributed by atoms with van der Waals surface area (Å²) in [7, 11) is 0. The lowest BCUT2D eigenvalue weighted by molar-refractivity contribution is -0.163. The van der Waals surface area contributed by atoms with Crippen molar-refractivity contribution < 1.29 is 24.5 Å². The molecule has 0 spiro atoms. The summed E-state index contributed by atoms with van der Waals surface area (Å²) in [6, 6.07) is 0. The van der Waals surface area contributed by atoms with Crippen LogP contribution >= 0.6 is 0 Å². The van der Waals surface area contributed by atoms with Gasteiger partial charge in [-0.15, -0.1) is 0 Å². The monoisotopic (exact) mass is 372 g/mol. The molecule has 0 fully saturated rings. The zero-order valence-electron chi connectivity index (χ0n) is 16.9. The Balaban J connectivity index is 4.10. The van der Waals surface area contributed by atoms with Crippen molar-refractivity contribution in [2.75, 3.05) is 6.61 Å². The van der Waals surface area contributed by atoms with E-state index in [0.717, 1.165) is 51.4 Å². The van der Waals surface area contributed by atoms with Crippen LogP contribution in [0.1, 0.15) is 104 Å². The van der Waals surface area contributed by atoms with Crippen LogP contribution in [-0.2, 0) is 14.3 Å². The molecule has 0 aliphatic carbocycles. The first kappa shape index (κ1) is 25.1. The van der Waals surface area contributed by atoms with E-state index in [1.54, 1.807) is 0 Å². The molecule has 0 saturated carbocycles. The number of rotatable bonds is 18. The van der Waals surface area contributed by atoms with Gasteiger partial charge in [-0.3, -0.25) is 9.59 Å². The Morgan fingerprint density at radius 2 is 1.23 bits per heavy atom. The van der Waals surface area contributed by atoms with Crippen LogP contribution in [0.2, 0.25) is 0 Å². The summed E-state index contributed by atoms with van der Waals surface area (Å²) in [6.07, 6.45) is 10.7. The number of hydrogen-bond donors (Lipinski definition) is 2. The summed E-state index contributed by atoms with van der Waals surface area (Å²) in [5, 5.41) is 19.0. The molecule has 0 aromatic rings. The molecule has 5 heteroatoms. The maximum absolute atomic E-state index is 12.2. The molecule has 0 heterocycles. The lowest BCUT2D eigenvalue weighted by atomic mass is 10.0. The third kappa shape index (κ3) is 13.3. The van der Waals surface area contributed by atoms with Crippen molar-refractivity contribution in [2.45, 2.75) is 116 Å². The van der Waals surface area contributed by atoms with Gasteiger partial charge in [0.05, 0.1) is 6.61 Å². The van der Waals surface area contributed by atoms with E-state index in [1.165, 1.54) is 25.7 Å². The van der Waals surface area contributed by atoms with Crippen LogP contribution in [0.5, 0.6) is 0 Å². The standard InChI is InChI=1S/C21H40O5/c1-3-5-7-9-10-12-14-16-20(25)26-21(19(24)17-22)18(23)15-13-11-8-6-4-2/h19,21-22,24H,3-17H2,1-2H3. The van der Waals surface area contributed by atoms with Crippen molar-refractivity contribution >= 4 is 11.8 Å². The molecule has 0 rings (SSSR count). The van der Waals surface area contributed by atoms with E-state index in [2.05, 4.69) is 13.8 Å². The van der Waals surface area contributed by atoms with Crippen molar-refractivity contribution in [2.24, 2.45) is 0 Å². The zero-order valence-corrected chi connectivity index (χ0v) is 16.9. The smallest absolute Gasteiger partial charge is 0.306 e. The highest BCUT2D eigenvalue weighted by Crippen LogP contribution is 2.13. The Morgan fingerprint density at radius 1 is 0.769 bits per heavy atom. The Labute approximate surface area is 159 Å². The number of aliphatic hydroxyl groups is 2. The highest BCUT2D eigenvalue weighted by Gasteiger charge is 2.29. The summed E-state index contributed by atoms with van der Waals surface area (Å²) < 4.78 is 5.19. The quantitative estimate of drug-likeness (QED) is 0.276. The fourth-order valence-corrected chi connectivity index (χ4v) is 2.93. The highest BCUT2D eigenvalue weighted by molar-refractivity contribution is 5.86. The number of esters is 1. The second-order valence-electron chi connectivity index (χ2n) is 7.16. The van der Waals surface area contributed by atoms with Gasteiger partial charge in [0.2, 0.25) is 0 Å². The average Bonchev–Trinajstić information content (AvgIpc) is 2.64. The molecule has 0 aliphatic heterocycles. The number of carbonyl (C=O) groups is 2. The van der Waals surface area contributed by atoms with Crippen LogP contribution < -0.4 is 0 Å². The molecule has 154 valence electrons. The van der Waals surface area contributed by atoms with E-state index >= 15 is 0 Å². The minimum Gasteiger partial charge on any atom is -0.451 e. The molecule has 2 unspecified atom stereocenters. The molecular formula is C21H40O5. The summed E-state index contributed by atoms with van der Waals surface area (Å²) >= 11 is 0. The maximum atomic E-state index is 12.2. The van der Waals surface area contributed by atoms with Crippen LogP contribution in [0.4, 0.5) is 0 Å². The molecule has 0 bridgehead atoms. The Kier molecular flexibility index (Phi) is 16.8. The van der Waals surface area contributed by atoms with Gasteiger partial charge in [0.25, 0.3) is 0 Å². The Bertz CT molecular complexity index is 356. The molecule has 2 atom stereocenters. The largest absolute Gasteiger partial charge is 0.451 e. The van der Waals surface area contributed by atoms with Gasteiger partial charge in [0.1, 0.15) is 6.10 Å². The van der Waals surface area contributed by atoms with E-state index in [9.17, 15) is 14.7 Å². The molecule has 2 N–H and O–H groups in total. The predicted molar refractivity (Wildman–Crippen MR) is 104 cm³/mol. The van der Waals surface area contributed by atoms with Gasteiger partial charge >= 0.3 is 5.97 Å². The molecule has 0 saturated heterocycles. The maximum Gasteiger partial charge on any atom is 0.306 e. The Morgan fingerprint density at radius 3 is 1.73 bits per heavy atom. The minimum absolute atomic E-state index is 0.256. The van der Waals surface area contributed by atoms with Crippen LogP contribution in [0.3, 0.4) is 0 Å². The van der Waals surface area contributed by atoms with Crippen LogP contribution in [0.15, 0.2) is 0 Å². The van der Waals surface area contributed by atoms with Gasteiger partial charge in [-0.1, -0.05) is 78.1 Å². The molecule has 0 aliphatic rings. The molecular weight excluding hydrogens is 332 g/mol. The number of ketones is 1. The first-order valence-electron chi connectivity index (χ1n) is 10.6. The third-order valence-corrected chi connectivity index (χ3v) is 4.62. The number of carbonyl (C=O) groups excluding carboxylic acids is 2. The van der Waals surface area contributed by atoms with E-state index in [1.807, 2.05) is 0 Å². The van der Waals surface area contributed by atoms with Crippen molar-refractivity contribution in [1.29, 1.82) is 0 Å². The third-order valence-electron chi connectivity index (χ3n) is 4.62. The van der Waals surface area contributed by atoms with Crippen molar-refractivity contribution in [1.82, 2.24) is 0 Å². The molecule has 26 heavy (non-hydrogen) atoms. The SMILES string of the molecule is CCCCCCCCCC(=O)OC(C(=O)CCCCCCC)C(O)CO. The van der Waals surface area contributed by atoms with Crippen molar-refractivity contribution in [3.05, 3.63) is 0 Å². The number of aliphatic hydroxyl groups excluding tert-OH is 2. The van der Waals surface area contributed by atoms with E-state index in [4.69, 9.17) is 9.84 Å². The fourth-order valence-electron chi connectivity index (χ4n) is 2.93. The normalized spacial score (nSPS) is 13.4. The van der Waals surface area contributed by atoms with Gasteiger partial charge in [-0.25, -0.2) is 0 Å². The van der Waals surface area contributed by atoms with Gasteiger partial charge < -0.3 is 14.9 Å². The van der Waals surface area contributed by atoms with Gasteiger partial charge in [0, 0.05) is 12.8 Å². The second-order valence-corrected chi connectivity index (χ2v) is 7.16. The number of unbranched alkanes of at least 4 members (excludes halogenated alkanes) is 10. The van der Waals surface area contributed by atoms with E-state index < -0.39 is 24.8 Å². The van der Waals surface area contributed by atoms with Crippen LogP contribution in [-0.4, -0.2) is 40.8 Å². The lowest BCUT2D eigenvalue weighted by Gasteiger charge is -2.20. The van der Waals surface area contributed by atoms with E-state index in [0.29, 0.717) is 0 Å². The topological polar surface area (TPSA) is 83.8 Å². The Hall–Kier alpha value is -0.940. The summed E-state index contributed by atoms with van der Waals surface area (Å²) in [4.78, 5) is 24.2. The highest BCUT2D eigenvalue weighted by atomic mass is 16.6. The molecule has 0 aromatic carbocycles. The molecule has 0 radical (unpaired) electrons. The summed E-state index contributed by atoms with van der Waals surface area (Å²) in [5.41, 5.74) is 0. The van der Waals surface area contributed by atoms with Crippen LogP contribution in [0, 0.1) is 0 Å². The minimum atomic E-state index is -1.34. The van der Waals surface area contributed by atoms with Gasteiger partial charge in [-0.2, -0.15) is 0 Å². The predicted octanol–water partition coefficient (Wildman–Crippen LogP) is 4.32. The lowest BCUT2D eigenvalue weighted by Crippen LogP contribution is -2.40. The first-order valence-corrected chi connectivity index (χ1v) is 10.6. The van der Waals surface area contributed by atoms with Gasteiger partial charge in [0.15, 0.2) is 11.9 Å². The number of ether oxygens (including phenoxy) is 1. The van der Waals surface area contributed by atoms with Crippen molar-refractivity contribution in [3.8, 4) is 0 Å².